The number of halogens is 2. The number of hydrogen-bond donors (Lipinski definition) is 0. The van der Waals surface area contributed by atoms with Crippen LogP contribution in [0.25, 0.3) is 22.0 Å². The fourth-order valence-corrected chi connectivity index (χ4v) is 3.71. The molecule has 0 N–H and O–H groups in total. The zero-order chi connectivity index (χ0) is 19.7. The number of rotatable bonds is 4. The molecule has 0 aliphatic heterocycles. The number of benzene rings is 3. The van der Waals surface area contributed by atoms with Gasteiger partial charge in [-0.05, 0) is 41.5 Å². The molecule has 0 fully saturated rings. The zero-order valence-electron chi connectivity index (χ0n) is 15.2. The van der Waals surface area contributed by atoms with Crippen LogP contribution in [0, 0.1) is 0 Å². The molecule has 0 unspecified atom stereocenters. The van der Waals surface area contributed by atoms with Crippen LogP contribution < -0.4 is 10.3 Å². The molecule has 3 aromatic carbocycles. The molecule has 28 heavy (non-hydrogen) atoms. The number of ether oxygens (including phenoxy) is 1. The topological polar surface area (TPSA) is 31.2 Å². The molecule has 3 nitrogen and oxygen atoms in total. The van der Waals surface area contributed by atoms with Crippen LogP contribution >= 0.6 is 23.2 Å². The maximum absolute atomic E-state index is 13.3. The minimum absolute atomic E-state index is 0.189. The lowest BCUT2D eigenvalue weighted by Gasteiger charge is -2.18. The van der Waals surface area contributed by atoms with E-state index in [1.807, 2.05) is 66.7 Å². The van der Waals surface area contributed by atoms with Gasteiger partial charge in [0.25, 0.3) is 5.56 Å². The quantitative estimate of drug-likeness (QED) is 0.411. The number of aromatic nitrogens is 1. The fraction of sp³-hybridized carbons (Fsp3) is 0.0870. The molecule has 0 atom stereocenters. The van der Waals surface area contributed by atoms with Crippen LogP contribution in [0.4, 0.5) is 0 Å². The van der Waals surface area contributed by atoms with E-state index in [9.17, 15) is 4.79 Å². The summed E-state index contributed by atoms with van der Waals surface area (Å²) in [6.07, 6.45) is 0. The van der Waals surface area contributed by atoms with Crippen LogP contribution in [0.2, 0.25) is 10.0 Å². The van der Waals surface area contributed by atoms with Crippen molar-refractivity contribution in [3.63, 3.8) is 0 Å². The zero-order valence-corrected chi connectivity index (χ0v) is 16.7. The first kappa shape index (κ1) is 18.6. The van der Waals surface area contributed by atoms with E-state index in [0.717, 1.165) is 27.6 Å². The summed E-state index contributed by atoms with van der Waals surface area (Å²) in [5.41, 5.74) is 3.23. The molecule has 5 heteroatoms. The van der Waals surface area contributed by atoms with Crippen molar-refractivity contribution in [1.82, 2.24) is 4.57 Å². The van der Waals surface area contributed by atoms with Gasteiger partial charge in [-0.3, -0.25) is 4.79 Å². The molecule has 4 rings (SSSR count). The molecular weight excluding hydrogens is 393 g/mol. The Bertz CT molecular complexity index is 1200. The largest absolute Gasteiger partial charge is 0.491 e. The van der Waals surface area contributed by atoms with Gasteiger partial charge >= 0.3 is 0 Å². The van der Waals surface area contributed by atoms with Crippen molar-refractivity contribution in [2.45, 2.75) is 6.54 Å². The summed E-state index contributed by atoms with van der Waals surface area (Å²) >= 11 is 12.3. The summed E-state index contributed by atoms with van der Waals surface area (Å²) < 4.78 is 7.29. The van der Waals surface area contributed by atoms with Crippen molar-refractivity contribution in [3.05, 3.63) is 98.8 Å². The smallest absolute Gasteiger partial charge is 0.294 e. The summed E-state index contributed by atoms with van der Waals surface area (Å²) in [4.78, 5) is 13.3. The Labute approximate surface area is 172 Å². The van der Waals surface area contributed by atoms with Gasteiger partial charge in [0.15, 0.2) is 5.75 Å². The van der Waals surface area contributed by atoms with Gasteiger partial charge in [-0.1, -0.05) is 65.7 Å². The van der Waals surface area contributed by atoms with Gasteiger partial charge in [0.2, 0.25) is 0 Å². The maximum atomic E-state index is 13.3. The van der Waals surface area contributed by atoms with Crippen LogP contribution in [-0.4, -0.2) is 11.7 Å². The van der Waals surface area contributed by atoms with E-state index >= 15 is 0 Å². The standard InChI is InChI=1S/C23H17Cl2NO2/c1-28-22-21(16-5-3-2-4-6-16)19-13-18(25)11-12-20(19)26(23(22)27)14-15-7-9-17(24)10-8-15/h2-13H,14H2,1H3. The molecular formula is C23H17Cl2NO2. The van der Waals surface area contributed by atoms with Gasteiger partial charge in [-0.15, -0.1) is 0 Å². The highest BCUT2D eigenvalue weighted by molar-refractivity contribution is 6.31. The van der Waals surface area contributed by atoms with Crippen molar-refractivity contribution >= 4 is 34.1 Å². The Balaban J connectivity index is 2.03. The molecule has 0 bridgehead atoms. The second-order valence-electron chi connectivity index (χ2n) is 6.45. The van der Waals surface area contributed by atoms with E-state index in [1.54, 1.807) is 10.6 Å². The Morgan fingerprint density at radius 1 is 0.893 bits per heavy atom. The molecule has 0 aliphatic rings. The van der Waals surface area contributed by atoms with Crippen LogP contribution in [0.15, 0.2) is 77.6 Å². The number of hydrogen-bond acceptors (Lipinski definition) is 2. The highest BCUT2D eigenvalue weighted by Crippen LogP contribution is 2.36. The molecule has 140 valence electrons. The number of fused-ring (bicyclic) bond motifs is 1. The first-order valence-corrected chi connectivity index (χ1v) is 9.54. The molecule has 0 spiro atoms. The van der Waals surface area contributed by atoms with Gasteiger partial charge in [-0.2, -0.15) is 0 Å². The average Bonchev–Trinajstić information content (AvgIpc) is 2.71. The van der Waals surface area contributed by atoms with E-state index < -0.39 is 0 Å². The number of pyridine rings is 1. The van der Waals surface area contributed by atoms with E-state index in [2.05, 4.69) is 0 Å². The third-order valence-electron chi connectivity index (χ3n) is 4.71. The summed E-state index contributed by atoms with van der Waals surface area (Å²) in [7, 11) is 1.52. The predicted molar refractivity (Wildman–Crippen MR) is 116 cm³/mol. The average molecular weight is 410 g/mol. The van der Waals surface area contributed by atoms with E-state index in [-0.39, 0.29) is 5.56 Å². The Hall–Kier alpha value is -2.75. The van der Waals surface area contributed by atoms with Crippen LogP contribution in [-0.2, 0) is 6.54 Å². The SMILES string of the molecule is COc1c(-c2ccccc2)c2cc(Cl)ccc2n(Cc2ccc(Cl)cc2)c1=O. The molecule has 0 saturated heterocycles. The van der Waals surface area contributed by atoms with Gasteiger partial charge in [-0.25, -0.2) is 0 Å². The van der Waals surface area contributed by atoms with Gasteiger partial charge in [0.05, 0.1) is 19.2 Å². The summed E-state index contributed by atoms with van der Waals surface area (Å²) in [6.45, 7) is 0.402. The van der Waals surface area contributed by atoms with Crippen molar-refractivity contribution in [1.29, 1.82) is 0 Å². The minimum Gasteiger partial charge on any atom is -0.491 e. The maximum Gasteiger partial charge on any atom is 0.294 e. The monoisotopic (exact) mass is 409 g/mol. The van der Waals surface area contributed by atoms with E-state index in [1.165, 1.54) is 7.11 Å². The third kappa shape index (κ3) is 3.39. The van der Waals surface area contributed by atoms with Gasteiger partial charge < -0.3 is 9.30 Å². The molecule has 1 heterocycles. The molecule has 0 saturated carbocycles. The van der Waals surface area contributed by atoms with Crippen molar-refractivity contribution in [2.24, 2.45) is 0 Å². The highest BCUT2D eigenvalue weighted by Gasteiger charge is 2.19. The predicted octanol–water partition coefficient (Wildman–Crippen LogP) is 6.03. The fourth-order valence-electron chi connectivity index (χ4n) is 3.42. The number of methoxy groups -OCH3 is 1. The third-order valence-corrected chi connectivity index (χ3v) is 5.19. The second kappa shape index (κ2) is 7.70. The Morgan fingerprint density at radius 2 is 1.57 bits per heavy atom. The Kier molecular flexibility index (Phi) is 5.12. The van der Waals surface area contributed by atoms with Gasteiger partial charge in [0.1, 0.15) is 0 Å². The summed E-state index contributed by atoms with van der Waals surface area (Å²) in [5, 5.41) is 2.12. The second-order valence-corrected chi connectivity index (χ2v) is 7.33. The minimum atomic E-state index is -0.189. The van der Waals surface area contributed by atoms with Crippen molar-refractivity contribution in [2.75, 3.05) is 7.11 Å². The van der Waals surface area contributed by atoms with Crippen molar-refractivity contribution in [3.8, 4) is 16.9 Å². The van der Waals surface area contributed by atoms with Crippen LogP contribution in [0.5, 0.6) is 5.75 Å². The highest BCUT2D eigenvalue weighted by atomic mass is 35.5. The van der Waals surface area contributed by atoms with E-state index in [4.69, 9.17) is 27.9 Å². The molecule has 4 aromatic rings. The first-order valence-electron chi connectivity index (χ1n) is 8.78. The lowest BCUT2D eigenvalue weighted by Crippen LogP contribution is -2.23. The van der Waals surface area contributed by atoms with Crippen LogP contribution in [0.3, 0.4) is 0 Å². The summed E-state index contributed by atoms with van der Waals surface area (Å²) in [5.74, 6) is 0.301. The van der Waals surface area contributed by atoms with Crippen LogP contribution in [0.1, 0.15) is 5.56 Å². The number of nitrogens with zero attached hydrogens (tertiary/aromatic N) is 1. The molecule has 0 aliphatic carbocycles. The lowest BCUT2D eigenvalue weighted by molar-refractivity contribution is 0.407. The normalized spacial score (nSPS) is 11.0. The van der Waals surface area contributed by atoms with Crippen molar-refractivity contribution < 1.29 is 4.74 Å². The first-order chi connectivity index (χ1) is 13.6. The lowest BCUT2D eigenvalue weighted by atomic mass is 9.99. The van der Waals surface area contributed by atoms with E-state index in [0.29, 0.717) is 22.3 Å². The Morgan fingerprint density at radius 3 is 2.25 bits per heavy atom. The molecule has 0 radical (unpaired) electrons. The molecule has 1 aromatic heterocycles. The molecule has 0 amide bonds. The summed E-state index contributed by atoms with van der Waals surface area (Å²) in [6, 6.07) is 22.7. The van der Waals surface area contributed by atoms with Gasteiger partial charge in [0, 0.05) is 21.0 Å².